The van der Waals surface area contributed by atoms with Crippen LogP contribution in [0.1, 0.15) is 213 Å². The van der Waals surface area contributed by atoms with E-state index < -0.39 is 89.4 Å². The fourth-order valence-electron chi connectivity index (χ4n) is 14.7. The number of halogens is 1. The van der Waals surface area contributed by atoms with Crippen molar-refractivity contribution in [1.29, 1.82) is 0 Å². The van der Waals surface area contributed by atoms with Gasteiger partial charge in [-0.25, -0.2) is 29.1 Å². The Labute approximate surface area is 614 Å². The Bertz CT molecular complexity index is 3810. The second-order valence-electron chi connectivity index (χ2n) is 31.1. The summed E-state index contributed by atoms with van der Waals surface area (Å²) in [6.07, 6.45) is 19.8. The smallest absolute Gasteiger partial charge is 0.411 e. The molecule has 4 heterocycles. The van der Waals surface area contributed by atoms with Crippen LogP contribution in [0, 0.1) is 72.5 Å². The second kappa shape index (κ2) is 35.5. The molecule has 2 saturated heterocycles. The van der Waals surface area contributed by atoms with Crippen LogP contribution in [-0.4, -0.2) is 153 Å². The number of carboxylic acids is 2. The maximum atomic E-state index is 13.0. The minimum absolute atomic E-state index is 0.000586. The van der Waals surface area contributed by atoms with Gasteiger partial charge in [0.1, 0.15) is 47.7 Å². The van der Waals surface area contributed by atoms with E-state index in [0.717, 1.165) is 147 Å². The largest absolute Gasteiger partial charge is 0.481 e. The van der Waals surface area contributed by atoms with Crippen molar-refractivity contribution in [2.24, 2.45) is 34.5 Å². The Balaban J connectivity index is 0.000000217. The van der Waals surface area contributed by atoms with E-state index in [1.54, 1.807) is 41.5 Å². The van der Waals surface area contributed by atoms with Crippen LogP contribution < -0.4 is 9.47 Å². The van der Waals surface area contributed by atoms with Crippen molar-refractivity contribution in [2.75, 3.05) is 27.3 Å². The highest BCUT2D eigenvalue weighted by molar-refractivity contribution is 9.10. The predicted octanol–water partition coefficient (Wildman–Crippen LogP) is 15.0. The molecule has 2 aliphatic heterocycles. The third-order valence-electron chi connectivity index (χ3n) is 20.7. The summed E-state index contributed by atoms with van der Waals surface area (Å²) in [6, 6.07) is 13.9. The Morgan fingerprint density at radius 1 is 0.602 bits per heavy atom. The summed E-state index contributed by atoms with van der Waals surface area (Å²) in [5, 5.41) is 21.4. The summed E-state index contributed by atoms with van der Waals surface area (Å²) in [6.45, 7) is 18.9. The molecule has 2 amide bonds. The number of methoxy groups -OCH3 is 2. The number of hydrogen-bond donors (Lipinski definition) is 2. The molecule has 22 nitrogen and oxygen atoms in total. The molecule has 0 spiro atoms. The maximum Gasteiger partial charge on any atom is 0.411 e. The number of likely N-dealkylation sites (tertiary alicyclic amines) is 2. The maximum absolute atomic E-state index is 13.0. The van der Waals surface area contributed by atoms with Gasteiger partial charge in [0.05, 0.1) is 73.1 Å². The summed E-state index contributed by atoms with van der Waals surface area (Å²) in [5.74, 6) is 5.69. The van der Waals surface area contributed by atoms with E-state index >= 15 is 0 Å². The average molecular weight is 1490 g/mol. The molecule has 2 aromatic heterocycles. The van der Waals surface area contributed by atoms with E-state index in [-0.39, 0.29) is 67.3 Å². The number of aryl methyl sites for hydroxylation is 2. The molecule has 103 heavy (non-hydrogen) atoms. The van der Waals surface area contributed by atoms with Gasteiger partial charge in [0.2, 0.25) is 11.8 Å². The number of carboxylic acid groups (broad SMARTS) is 2. The molecule has 0 bridgehead atoms. The van der Waals surface area contributed by atoms with Gasteiger partial charge in [0.25, 0.3) is 0 Å². The van der Waals surface area contributed by atoms with E-state index in [9.17, 15) is 48.6 Å². The Kier molecular flexibility index (Phi) is 27.8. The number of unbranched alkanes of at least 4 members (excludes halogenated alkanes) is 2. The fourth-order valence-corrected chi connectivity index (χ4v) is 15.1. The SMILES string of the molecule is C#CCCC[C@@H]1C[C@H]1OC(=O)C[C@H](C(=O)O)C1(C)CCCCC1.COC(=O)[C@@H]1C[C@@H](Oc2nc3ccccc3c(C)c2Br)CN1C(=O)OC(C)(C)C.COC(=O)[C@@H]1C[C@@H](Oc2nc3ccccc3c(C)c2C#CCCC[C@@H]2C[C@H]2OC(=O)C[C@H](C(=O)O)C2(C)CCCCC2)CN1C(=O)OC(C)(C)C. The fraction of sp³-hybridized carbons (Fsp3) is 0.625. The number of carbonyl (C=O) groups excluding carboxylic acids is 6. The number of rotatable bonds is 22. The minimum atomic E-state index is -0.913. The number of nitrogens with zero attached hydrogens (tertiary/aromatic N) is 4. The minimum Gasteiger partial charge on any atom is -0.481 e. The topological polar surface area (TPSA) is 283 Å². The first-order valence-corrected chi connectivity index (χ1v) is 37.2. The van der Waals surface area contributed by atoms with Crippen molar-refractivity contribution >= 4 is 85.7 Å². The van der Waals surface area contributed by atoms with Gasteiger partial charge >= 0.3 is 48.0 Å². The first-order valence-electron chi connectivity index (χ1n) is 36.4. The lowest BCUT2D eigenvalue weighted by atomic mass is 9.66. The zero-order valence-electron chi connectivity index (χ0n) is 62.0. The van der Waals surface area contributed by atoms with Crippen molar-refractivity contribution in [3.05, 3.63) is 69.7 Å². The first-order chi connectivity index (χ1) is 48.7. The summed E-state index contributed by atoms with van der Waals surface area (Å²) in [5.41, 5.74) is 2.10. The molecule has 4 aliphatic carbocycles. The highest BCUT2D eigenvalue weighted by atomic mass is 79.9. The number of fused-ring (bicyclic) bond motifs is 2. The number of aromatic nitrogens is 2. The zero-order chi connectivity index (χ0) is 75.1. The van der Waals surface area contributed by atoms with Gasteiger partial charge in [-0.2, -0.15) is 0 Å². The summed E-state index contributed by atoms with van der Waals surface area (Å²) < 4.78 is 45.3. The van der Waals surface area contributed by atoms with Crippen molar-refractivity contribution in [1.82, 2.24) is 19.8 Å². The molecule has 2 aromatic carbocycles. The van der Waals surface area contributed by atoms with Crippen LogP contribution in [0.25, 0.3) is 21.8 Å². The Hall–Kier alpha value is -8.18. The van der Waals surface area contributed by atoms with Gasteiger partial charge in [0, 0.05) is 36.5 Å². The van der Waals surface area contributed by atoms with Crippen LogP contribution in [0.15, 0.2) is 53.0 Å². The molecule has 0 radical (unpaired) electrons. The number of benzene rings is 2. The molecule has 6 aliphatic rings. The molecular formula is C80H105BrN4O18. The second-order valence-corrected chi connectivity index (χ2v) is 31.9. The highest BCUT2D eigenvalue weighted by Gasteiger charge is 2.49. The Morgan fingerprint density at radius 3 is 1.43 bits per heavy atom. The van der Waals surface area contributed by atoms with Crippen LogP contribution in [0.3, 0.4) is 0 Å². The molecule has 4 saturated carbocycles. The zero-order valence-corrected chi connectivity index (χ0v) is 63.6. The van der Waals surface area contributed by atoms with Crippen LogP contribution in [-0.2, 0) is 57.2 Å². The summed E-state index contributed by atoms with van der Waals surface area (Å²) >= 11 is 3.57. The Morgan fingerprint density at radius 2 is 1.01 bits per heavy atom. The number of carbonyl (C=O) groups is 8. The lowest BCUT2D eigenvalue weighted by Crippen LogP contribution is -2.44. The number of aliphatic carboxylic acids is 2. The van der Waals surface area contributed by atoms with Crippen molar-refractivity contribution in [3.8, 4) is 35.9 Å². The molecule has 2 N–H and O–H groups in total. The van der Waals surface area contributed by atoms with E-state index in [4.69, 9.17) is 49.3 Å². The quantitative estimate of drug-likeness (QED) is 0.0320. The van der Waals surface area contributed by atoms with Crippen molar-refractivity contribution < 1.29 is 86.5 Å². The monoisotopic (exact) mass is 1490 g/mol. The van der Waals surface area contributed by atoms with Gasteiger partial charge in [-0.1, -0.05) is 101 Å². The summed E-state index contributed by atoms with van der Waals surface area (Å²) in [7, 11) is 2.59. The first kappa shape index (κ1) is 80.5. The van der Waals surface area contributed by atoms with Gasteiger partial charge in [0.15, 0.2) is 0 Å². The lowest BCUT2D eigenvalue weighted by Gasteiger charge is -2.38. The number of terminal acetylenes is 1. The van der Waals surface area contributed by atoms with E-state index in [0.29, 0.717) is 36.1 Å². The molecule has 0 unspecified atom stereocenters. The van der Waals surface area contributed by atoms with Gasteiger partial charge < -0.3 is 48.1 Å². The van der Waals surface area contributed by atoms with Crippen molar-refractivity contribution in [2.45, 2.75) is 258 Å². The number of pyridine rings is 2. The standard InChI is InChI=1S/C40H52N2O9.C21H25BrN2O5.C19H28O4/c1-25-28-16-11-12-18-31(28)41-35(49-27-22-32(37(46)48-6)42(24-27)38(47)51-39(2,3)4)29(25)17-10-7-9-15-26-21-33(26)50-34(43)23-30(36(44)45)40(5)19-13-8-14-20-40;1-12-14-8-6-7-9-15(14)23-18(17(12)22)28-13-10-16(19(25)27-5)24(11-13)20(26)29-21(2,3)4;1-3-4-6-9-14-12-16(14)23-17(20)13-15(18(21)22)19(2)10-7-5-8-11-19/h11-12,16,18,26-27,30,32-33H,7-9,13-15,19-24H2,1-6H3,(H,44,45);6-9,13,16H,10-11H2,1-5H3;1,14-16H,4-13H2,2H3,(H,21,22)/t26-,27-,30-,32+,33-;13-,16+;14-,15-,16-/m111/s1. The van der Waals surface area contributed by atoms with Crippen LogP contribution in [0.2, 0.25) is 0 Å². The molecular weight excluding hydrogens is 1380 g/mol. The van der Waals surface area contributed by atoms with Gasteiger partial charge in [-0.15, -0.1) is 12.3 Å². The van der Waals surface area contributed by atoms with Gasteiger partial charge in [-0.3, -0.25) is 29.0 Å². The number of esters is 4. The van der Waals surface area contributed by atoms with E-state index in [1.807, 2.05) is 76.2 Å². The van der Waals surface area contributed by atoms with E-state index in [2.05, 4.69) is 38.7 Å². The van der Waals surface area contributed by atoms with Crippen LogP contribution in [0.4, 0.5) is 9.59 Å². The van der Waals surface area contributed by atoms with Crippen molar-refractivity contribution in [3.63, 3.8) is 0 Å². The number of amides is 2. The molecule has 23 heteroatoms. The normalized spacial score (nSPS) is 22.8. The third-order valence-corrected chi connectivity index (χ3v) is 21.7. The summed E-state index contributed by atoms with van der Waals surface area (Å²) in [4.78, 5) is 111. The molecule has 6 fully saturated rings. The average Bonchev–Trinajstić information content (AvgIpc) is 1.78. The van der Waals surface area contributed by atoms with Crippen LogP contribution in [0.5, 0.6) is 11.8 Å². The molecule has 4 aromatic rings. The number of ether oxygens (including phenoxy) is 8. The lowest BCUT2D eigenvalue weighted by molar-refractivity contribution is -0.157. The highest BCUT2D eigenvalue weighted by Crippen LogP contribution is 2.47. The van der Waals surface area contributed by atoms with Gasteiger partial charge in [-0.05, 0) is 181 Å². The predicted molar refractivity (Wildman–Crippen MR) is 389 cm³/mol. The number of para-hydroxylation sites is 2. The van der Waals surface area contributed by atoms with E-state index in [1.165, 1.54) is 24.0 Å². The molecule has 560 valence electrons. The molecule has 10 rings (SSSR count). The third kappa shape index (κ3) is 22.2. The van der Waals surface area contributed by atoms with Crippen LogP contribution >= 0.6 is 15.9 Å². The number of hydrogen-bond acceptors (Lipinski definition) is 18. The molecule has 10 atom stereocenters.